The molecule has 170 valence electrons. The lowest BCUT2D eigenvalue weighted by Gasteiger charge is -2.19. The fourth-order valence-corrected chi connectivity index (χ4v) is 4.01. The maximum Gasteiger partial charge on any atom is 0.253 e. The lowest BCUT2D eigenvalue weighted by molar-refractivity contribution is 0.0787. The van der Waals surface area contributed by atoms with Gasteiger partial charge < -0.3 is 14.1 Å². The summed E-state index contributed by atoms with van der Waals surface area (Å²) in [5.74, 6) is 0.418. The third-order valence-electron chi connectivity index (χ3n) is 4.83. The number of hydrogen-bond donors (Lipinski definition) is 1. The molecule has 0 unspecified atom stereocenters. The van der Waals surface area contributed by atoms with E-state index in [9.17, 15) is 17.6 Å². The molecule has 0 radical (unpaired) electrons. The Labute approximate surface area is 186 Å². The molecule has 0 saturated carbocycles. The first-order valence-electron chi connectivity index (χ1n) is 10.0. The molecule has 0 saturated heterocycles. The van der Waals surface area contributed by atoms with Crippen LogP contribution in [-0.4, -0.2) is 39.4 Å². The second-order valence-corrected chi connectivity index (χ2v) is 9.03. The summed E-state index contributed by atoms with van der Waals surface area (Å²) in [7, 11) is -2.17. The van der Waals surface area contributed by atoms with Crippen molar-refractivity contribution in [1.82, 2.24) is 9.62 Å². The molecule has 3 aromatic rings. The predicted octanol–water partition coefficient (Wildman–Crippen LogP) is 3.75. The highest BCUT2D eigenvalue weighted by atomic mass is 32.2. The van der Waals surface area contributed by atoms with Crippen LogP contribution < -0.4 is 9.46 Å². The van der Waals surface area contributed by atoms with E-state index in [0.29, 0.717) is 42.2 Å². The molecule has 1 amide bonds. The van der Waals surface area contributed by atoms with E-state index in [-0.39, 0.29) is 23.2 Å². The SMILES string of the molecule is Cc1ccc(S(=O)(=O)NCc2ccco2)cc1C(=O)N(C)CCCOc1ccc(F)cc1. The number of furan rings is 1. The van der Waals surface area contributed by atoms with Gasteiger partial charge in [0.15, 0.2) is 0 Å². The van der Waals surface area contributed by atoms with Gasteiger partial charge in [0, 0.05) is 19.2 Å². The average molecular weight is 461 g/mol. The van der Waals surface area contributed by atoms with Gasteiger partial charge in [-0.2, -0.15) is 0 Å². The topological polar surface area (TPSA) is 88.8 Å². The normalized spacial score (nSPS) is 11.3. The Kier molecular flexibility index (Phi) is 7.66. The summed E-state index contributed by atoms with van der Waals surface area (Å²) < 4.78 is 51.3. The molecular weight excluding hydrogens is 435 g/mol. The third-order valence-corrected chi connectivity index (χ3v) is 6.23. The number of halogens is 1. The number of hydrogen-bond acceptors (Lipinski definition) is 5. The van der Waals surface area contributed by atoms with E-state index in [1.165, 1.54) is 35.4 Å². The Morgan fingerprint density at radius 3 is 2.59 bits per heavy atom. The fourth-order valence-electron chi connectivity index (χ4n) is 2.99. The van der Waals surface area contributed by atoms with E-state index in [0.717, 1.165) is 0 Å². The Morgan fingerprint density at radius 1 is 1.16 bits per heavy atom. The van der Waals surface area contributed by atoms with Gasteiger partial charge in [0.05, 0.1) is 24.3 Å². The lowest BCUT2D eigenvalue weighted by atomic mass is 10.1. The summed E-state index contributed by atoms with van der Waals surface area (Å²) in [6.07, 6.45) is 2.02. The van der Waals surface area contributed by atoms with Crippen molar-refractivity contribution in [2.24, 2.45) is 0 Å². The smallest absolute Gasteiger partial charge is 0.253 e. The molecule has 2 aromatic carbocycles. The molecule has 9 heteroatoms. The number of nitrogens with zero attached hydrogens (tertiary/aromatic N) is 1. The molecule has 1 aromatic heterocycles. The van der Waals surface area contributed by atoms with Gasteiger partial charge in [-0.05, 0) is 67.4 Å². The van der Waals surface area contributed by atoms with Crippen molar-refractivity contribution in [3.63, 3.8) is 0 Å². The maximum atomic E-state index is 12.9. The minimum absolute atomic E-state index is 0.00560. The first-order valence-corrected chi connectivity index (χ1v) is 11.5. The van der Waals surface area contributed by atoms with Crippen LogP contribution in [0.1, 0.15) is 28.1 Å². The van der Waals surface area contributed by atoms with Gasteiger partial charge in [0.1, 0.15) is 17.3 Å². The van der Waals surface area contributed by atoms with E-state index in [1.54, 1.807) is 44.3 Å². The van der Waals surface area contributed by atoms with Crippen LogP contribution in [0.4, 0.5) is 4.39 Å². The standard InChI is InChI=1S/C23H25FN2O5S/c1-17-6-11-21(32(28,29)25-16-20-5-3-13-31-20)15-22(17)23(27)26(2)12-4-14-30-19-9-7-18(24)8-10-19/h3,5-11,13,15,25H,4,12,14,16H2,1-2H3. The quantitative estimate of drug-likeness (QED) is 0.466. The molecule has 0 spiro atoms. The predicted molar refractivity (Wildman–Crippen MR) is 117 cm³/mol. The van der Waals surface area contributed by atoms with Crippen LogP contribution in [-0.2, 0) is 16.6 Å². The maximum absolute atomic E-state index is 12.9. The van der Waals surface area contributed by atoms with Gasteiger partial charge >= 0.3 is 0 Å². The Bertz CT molecular complexity index is 1150. The number of carbonyl (C=O) groups is 1. The summed E-state index contributed by atoms with van der Waals surface area (Å²) in [5.41, 5.74) is 0.988. The van der Waals surface area contributed by atoms with Crippen molar-refractivity contribution >= 4 is 15.9 Å². The molecule has 0 bridgehead atoms. The van der Waals surface area contributed by atoms with E-state index < -0.39 is 10.0 Å². The molecular formula is C23H25FN2O5S. The first kappa shape index (κ1) is 23.5. The van der Waals surface area contributed by atoms with Crippen LogP contribution in [0.3, 0.4) is 0 Å². The van der Waals surface area contributed by atoms with Crippen molar-refractivity contribution in [2.75, 3.05) is 20.2 Å². The Morgan fingerprint density at radius 2 is 1.91 bits per heavy atom. The summed E-state index contributed by atoms with van der Waals surface area (Å²) in [4.78, 5) is 14.4. The molecule has 1 N–H and O–H groups in total. The van der Waals surface area contributed by atoms with Gasteiger partial charge in [-0.3, -0.25) is 4.79 Å². The van der Waals surface area contributed by atoms with Crippen molar-refractivity contribution < 1.29 is 26.8 Å². The second-order valence-electron chi connectivity index (χ2n) is 7.26. The zero-order valence-electron chi connectivity index (χ0n) is 17.9. The summed E-state index contributed by atoms with van der Waals surface area (Å²) in [6.45, 7) is 2.53. The Balaban J connectivity index is 1.59. The van der Waals surface area contributed by atoms with E-state index in [4.69, 9.17) is 9.15 Å². The van der Waals surface area contributed by atoms with Crippen LogP contribution in [0.2, 0.25) is 0 Å². The molecule has 0 aliphatic rings. The molecule has 0 aliphatic heterocycles. The highest BCUT2D eigenvalue weighted by Crippen LogP contribution is 2.18. The number of sulfonamides is 1. The Hall–Kier alpha value is -3.17. The van der Waals surface area contributed by atoms with Gasteiger partial charge in [-0.15, -0.1) is 0 Å². The van der Waals surface area contributed by atoms with Crippen LogP contribution in [0.5, 0.6) is 5.75 Å². The summed E-state index contributed by atoms with van der Waals surface area (Å²) in [6, 6.07) is 13.5. The molecule has 3 rings (SSSR count). The minimum Gasteiger partial charge on any atom is -0.494 e. The molecule has 0 fully saturated rings. The molecule has 7 nitrogen and oxygen atoms in total. The van der Waals surface area contributed by atoms with Crippen LogP contribution in [0.25, 0.3) is 0 Å². The number of benzene rings is 2. The number of aryl methyl sites for hydroxylation is 1. The summed E-state index contributed by atoms with van der Waals surface area (Å²) in [5, 5.41) is 0. The van der Waals surface area contributed by atoms with E-state index in [2.05, 4.69) is 4.72 Å². The van der Waals surface area contributed by atoms with Gasteiger partial charge in [-0.1, -0.05) is 6.07 Å². The highest BCUT2D eigenvalue weighted by molar-refractivity contribution is 7.89. The number of amides is 1. The molecule has 0 aliphatic carbocycles. The average Bonchev–Trinajstić information content (AvgIpc) is 3.30. The number of rotatable bonds is 10. The van der Waals surface area contributed by atoms with Crippen LogP contribution >= 0.6 is 0 Å². The molecule has 1 heterocycles. The minimum atomic E-state index is -3.82. The number of nitrogens with one attached hydrogen (secondary N) is 1. The van der Waals surface area contributed by atoms with Gasteiger partial charge in [0.25, 0.3) is 5.91 Å². The van der Waals surface area contributed by atoms with Gasteiger partial charge in [-0.25, -0.2) is 17.5 Å². The molecule has 0 atom stereocenters. The largest absolute Gasteiger partial charge is 0.494 e. The lowest BCUT2D eigenvalue weighted by Crippen LogP contribution is -2.30. The second kappa shape index (κ2) is 10.4. The van der Waals surface area contributed by atoms with Crippen molar-refractivity contribution in [1.29, 1.82) is 0 Å². The molecule has 32 heavy (non-hydrogen) atoms. The van der Waals surface area contributed by atoms with Crippen LogP contribution in [0, 0.1) is 12.7 Å². The number of ether oxygens (including phenoxy) is 1. The fraction of sp³-hybridized carbons (Fsp3) is 0.261. The zero-order chi connectivity index (χ0) is 23.1. The van der Waals surface area contributed by atoms with Crippen molar-refractivity contribution in [2.45, 2.75) is 24.8 Å². The zero-order valence-corrected chi connectivity index (χ0v) is 18.7. The summed E-state index contributed by atoms with van der Waals surface area (Å²) >= 11 is 0. The van der Waals surface area contributed by atoms with Crippen LogP contribution in [0.15, 0.2) is 70.2 Å². The number of carbonyl (C=O) groups excluding carboxylic acids is 1. The highest BCUT2D eigenvalue weighted by Gasteiger charge is 2.20. The monoisotopic (exact) mass is 460 g/mol. The first-order chi connectivity index (χ1) is 15.3. The van der Waals surface area contributed by atoms with Crippen molar-refractivity contribution in [3.8, 4) is 5.75 Å². The third kappa shape index (κ3) is 6.18. The van der Waals surface area contributed by atoms with Gasteiger partial charge in [0.2, 0.25) is 10.0 Å². The van der Waals surface area contributed by atoms with Crippen molar-refractivity contribution in [3.05, 3.63) is 83.6 Å². The van der Waals surface area contributed by atoms with E-state index in [1.807, 2.05) is 0 Å². The van der Waals surface area contributed by atoms with E-state index >= 15 is 0 Å².